The number of nitrogens with one attached hydrogen (secondary N) is 1. The topological polar surface area (TPSA) is 50.7 Å². The third-order valence-corrected chi connectivity index (χ3v) is 2.72. The fourth-order valence-corrected chi connectivity index (χ4v) is 1.59. The summed E-state index contributed by atoms with van der Waals surface area (Å²) in [6, 6.07) is 7.60. The lowest BCUT2D eigenvalue weighted by Crippen LogP contribution is -2.36. The van der Waals surface area contributed by atoms with Gasteiger partial charge in [-0.2, -0.15) is 0 Å². The van der Waals surface area contributed by atoms with Crippen molar-refractivity contribution in [2.24, 2.45) is 0 Å². The monoisotopic (exact) mass is 265 g/mol. The minimum absolute atomic E-state index is 0.264. The highest BCUT2D eigenvalue weighted by Crippen LogP contribution is 2.16. The van der Waals surface area contributed by atoms with Crippen molar-refractivity contribution in [3.63, 3.8) is 0 Å². The molecule has 0 aliphatic carbocycles. The van der Waals surface area contributed by atoms with E-state index in [0.29, 0.717) is 12.6 Å². The standard InChI is InChI=1S/C15H23NO3/c1-4-5-12(2)16-10-13(17)11-19-15-8-6-14(18-3)7-9-15/h4,6-9,12-13,16-17H,1,5,10-11H2,2-3H3. The molecule has 0 aliphatic rings. The molecule has 0 fully saturated rings. The average molecular weight is 265 g/mol. The van der Waals surface area contributed by atoms with Crippen LogP contribution in [0.15, 0.2) is 36.9 Å². The lowest BCUT2D eigenvalue weighted by molar-refractivity contribution is 0.104. The van der Waals surface area contributed by atoms with E-state index >= 15 is 0 Å². The summed E-state index contributed by atoms with van der Waals surface area (Å²) in [6.07, 6.45) is 2.21. The van der Waals surface area contributed by atoms with E-state index in [-0.39, 0.29) is 6.61 Å². The lowest BCUT2D eigenvalue weighted by atomic mass is 10.2. The van der Waals surface area contributed by atoms with Crippen LogP contribution in [-0.4, -0.2) is 37.5 Å². The number of aliphatic hydroxyl groups excluding tert-OH is 1. The van der Waals surface area contributed by atoms with Crippen LogP contribution in [0.5, 0.6) is 11.5 Å². The number of benzene rings is 1. The fraction of sp³-hybridized carbons (Fsp3) is 0.467. The van der Waals surface area contributed by atoms with Crippen molar-refractivity contribution in [3.05, 3.63) is 36.9 Å². The van der Waals surface area contributed by atoms with Crippen LogP contribution >= 0.6 is 0 Å². The van der Waals surface area contributed by atoms with Crippen LogP contribution in [0.2, 0.25) is 0 Å². The molecule has 2 unspecified atom stereocenters. The van der Waals surface area contributed by atoms with Gasteiger partial charge in [0.05, 0.1) is 7.11 Å². The molecule has 4 heteroatoms. The van der Waals surface area contributed by atoms with E-state index in [0.717, 1.165) is 17.9 Å². The Hall–Kier alpha value is -1.52. The molecule has 2 N–H and O–H groups in total. The maximum absolute atomic E-state index is 9.79. The minimum atomic E-state index is -0.533. The Balaban J connectivity index is 2.25. The van der Waals surface area contributed by atoms with Gasteiger partial charge in [-0.05, 0) is 37.6 Å². The van der Waals surface area contributed by atoms with Gasteiger partial charge in [0.25, 0.3) is 0 Å². The molecule has 106 valence electrons. The SMILES string of the molecule is C=CCC(C)NCC(O)COc1ccc(OC)cc1. The molecule has 0 spiro atoms. The third-order valence-electron chi connectivity index (χ3n) is 2.72. The molecule has 0 heterocycles. The summed E-state index contributed by atoms with van der Waals surface area (Å²) in [5.74, 6) is 1.51. The molecule has 0 amide bonds. The molecule has 0 saturated heterocycles. The smallest absolute Gasteiger partial charge is 0.119 e. The molecule has 1 aromatic carbocycles. The molecule has 0 radical (unpaired) electrons. The van der Waals surface area contributed by atoms with Gasteiger partial charge >= 0.3 is 0 Å². The number of ether oxygens (including phenoxy) is 2. The largest absolute Gasteiger partial charge is 0.497 e. The van der Waals surface area contributed by atoms with Gasteiger partial charge in [0, 0.05) is 12.6 Å². The van der Waals surface area contributed by atoms with Crippen molar-refractivity contribution in [2.75, 3.05) is 20.3 Å². The zero-order valence-electron chi connectivity index (χ0n) is 11.6. The molecular formula is C15H23NO3. The van der Waals surface area contributed by atoms with Crippen LogP contribution in [0.1, 0.15) is 13.3 Å². The summed E-state index contributed by atoms with van der Waals surface area (Å²) >= 11 is 0. The van der Waals surface area contributed by atoms with E-state index in [1.54, 1.807) is 7.11 Å². The van der Waals surface area contributed by atoms with Gasteiger partial charge in [-0.3, -0.25) is 0 Å². The Morgan fingerprint density at radius 2 is 1.95 bits per heavy atom. The van der Waals surface area contributed by atoms with E-state index in [1.165, 1.54) is 0 Å². The molecule has 0 aliphatic heterocycles. The highest BCUT2D eigenvalue weighted by atomic mass is 16.5. The Morgan fingerprint density at radius 3 is 2.53 bits per heavy atom. The van der Waals surface area contributed by atoms with E-state index in [2.05, 4.69) is 18.8 Å². The number of hydrogen-bond donors (Lipinski definition) is 2. The zero-order valence-corrected chi connectivity index (χ0v) is 11.6. The number of aliphatic hydroxyl groups is 1. The van der Waals surface area contributed by atoms with E-state index in [9.17, 15) is 5.11 Å². The van der Waals surface area contributed by atoms with Crippen molar-refractivity contribution in [1.82, 2.24) is 5.32 Å². The van der Waals surface area contributed by atoms with Crippen LogP contribution in [0.4, 0.5) is 0 Å². The molecule has 2 atom stereocenters. The van der Waals surface area contributed by atoms with Crippen LogP contribution in [0, 0.1) is 0 Å². The normalized spacial score (nSPS) is 13.6. The van der Waals surface area contributed by atoms with E-state index in [1.807, 2.05) is 30.3 Å². The molecule has 1 rings (SSSR count). The molecule has 4 nitrogen and oxygen atoms in total. The van der Waals surface area contributed by atoms with Gasteiger partial charge in [-0.25, -0.2) is 0 Å². The summed E-state index contributed by atoms with van der Waals surface area (Å²) in [5, 5.41) is 13.0. The molecule has 0 bridgehead atoms. The second-order valence-corrected chi connectivity index (χ2v) is 4.47. The fourth-order valence-electron chi connectivity index (χ4n) is 1.59. The molecule has 0 aromatic heterocycles. The molecule has 1 aromatic rings. The van der Waals surface area contributed by atoms with Crippen molar-refractivity contribution in [3.8, 4) is 11.5 Å². The highest BCUT2D eigenvalue weighted by Gasteiger charge is 2.07. The Labute approximate surface area is 115 Å². The van der Waals surface area contributed by atoms with Crippen LogP contribution in [-0.2, 0) is 0 Å². The van der Waals surface area contributed by atoms with Gasteiger partial charge < -0.3 is 19.9 Å². The summed E-state index contributed by atoms with van der Waals surface area (Å²) in [5.41, 5.74) is 0. The lowest BCUT2D eigenvalue weighted by Gasteiger charge is -2.16. The van der Waals surface area contributed by atoms with Gasteiger partial charge in [0.2, 0.25) is 0 Å². The molecular weight excluding hydrogens is 242 g/mol. The molecule has 19 heavy (non-hydrogen) atoms. The van der Waals surface area contributed by atoms with Crippen LogP contribution in [0.25, 0.3) is 0 Å². The highest BCUT2D eigenvalue weighted by molar-refractivity contribution is 5.31. The minimum Gasteiger partial charge on any atom is -0.497 e. The summed E-state index contributed by atoms with van der Waals surface area (Å²) in [6.45, 7) is 6.50. The summed E-state index contributed by atoms with van der Waals surface area (Å²) in [7, 11) is 1.62. The van der Waals surface area contributed by atoms with Gasteiger partial charge in [0.1, 0.15) is 24.2 Å². The average Bonchev–Trinajstić information content (AvgIpc) is 2.44. The second-order valence-electron chi connectivity index (χ2n) is 4.47. The number of methoxy groups -OCH3 is 1. The predicted octanol–water partition coefficient (Wildman–Crippen LogP) is 1.99. The quantitative estimate of drug-likeness (QED) is 0.670. The Bertz CT molecular complexity index is 364. The first-order valence-electron chi connectivity index (χ1n) is 6.45. The number of hydrogen-bond acceptors (Lipinski definition) is 4. The van der Waals surface area contributed by atoms with Crippen molar-refractivity contribution >= 4 is 0 Å². The summed E-state index contributed by atoms with van der Waals surface area (Å²) in [4.78, 5) is 0. The second kappa shape index (κ2) is 8.56. The van der Waals surface area contributed by atoms with E-state index in [4.69, 9.17) is 9.47 Å². The predicted molar refractivity (Wildman–Crippen MR) is 76.8 cm³/mol. The van der Waals surface area contributed by atoms with Crippen molar-refractivity contribution in [1.29, 1.82) is 0 Å². The number of rotatable bonds is 9. The van der Waals surface area contributed by atoms with Crippen molar-refractivity contribution in [2.45, 2.75) is 25.5 Å². The molecule has 0 saturated carbocycles. The first-order valence-corrected chi connectivity index (χ1v) is 6.45. The van der Waals surface area contributed by atoms with Gasteiger partial charge in [0.15, 0.2) is 0 Å². The van der Waals surface area contributed by atoms with Gasteiger partial charge in [-0.1, -0.05) is 6.08 Å². The van der Waals surface area contributed by atoms with Crippen molar-refractivity contribution < 1.29 is 14.6 Å². The first-order chi connectivity index (χ1) is 9.15. The Kier molecular flexibility index (Phi) is 7.00. The van der Waals surface area contributed by atoms with Gasteiger partial charge in [-0.15, -0.1) is 6.58 Å². The Morgan fingerprint density at radius 1 is 1.32 bits per heavy atom. The first kappa shape index (κ1) is 15.5. The van der Waals surface area contributed by atoms with Crippen LogP contribution in [0.3, 0.4) is 0 Å². The van der Waals surface area contributed by atoms with Crippen LogP contribution < -0.4 is 14.8 Å². The summed E-state index contributed by atoms with van der Waals surface area (Å²) < 4.78 is 10.6. The third kappa shape index (κ3) is 6.27. The van der Waals surface area contributed by atoms with E-state index < -0.39 is 6.10 Å². The maximum Gasteiger partial charge on any atom is 0.119 e. The maximum atomic E-state index is 9.79. The zero-order chi connectivity index (χ0) is 14.1.